The number of thiazole rings is 2. The molecular formula is C25H20ClF3N3OS3+. The van der Waals surface area contributed by atoms with Gasteiger partial charge < -0.3 is 4.90 Å². The Balaban J connectivity index is 1.59. The highest BCUT2D eigenvalue weighted by Crippen LogP contribution is 2.46. The monoisotopic (exact) mass is 566 g/mol. The van der Waals surface area contributed by atoms with Crippen LogP contribution in [0.4, 0.5) is 18.9 Å². The van der Waals surface area contributed by atoms with Crippen molar-refractivity contribution in [1.29, 1.82) is 0 Å². The number of hydrogen-bond donors (Lipinski definition) is 0. The molecule has 0 atom stereocenters. The number of rotatable bonds is 4. The van der Waals surface area contributed by atoms with Gasteiger partial charge in [0.1, 0.15) is 14.2 Å². The molecule has 2 aromatic heterocycles. The molecule has 5 rings (SSSR count). The Labute approximate surface area is 222 Å². The number of benzene rings is 2. The summed E-state index contributed by atoms with van der Waals surface area (Å²) in [7, 11) is 1.91. The van der Waals surface area contributed by atoms with Crippen LogP contribution in [-0.4, -0.2) is 11.6 Å². The van der Waals surface area contributed by atoms with E-state index in [1.165, 1.54) is 46.6 Å². The van der Waals surface area contributed by atoms with Crippen molar-refractivity contribution in [2.75, 3.05) is 11.9 Å². The maximum atomic E-state index is 13.5. The molecule has 3 heterocycles. The number of thioether (sulfide) groups is 1. The summed E-state index contributed by atoms with van der Waals surface area (Å²) in [5.41, 5.74) is 0.408. The molecule has 0 amide bonds. The average Bonchev–Trinajstić information content (AvgIpc) is 3.50. The lowest BCUT2D eigenvalue weighted by Gasteiger charge is -2.12. The van der Waals surface area contributed by atoms with Crippen LogP contribution in [0, 0.1) is 0 Å². The second-order valence-electron chi connectivity index (χ2n) is 8.07. The van der Waals surface area contributed by atoms with Gasteiger partial charge in [0.05, 0.1) is 22.7 Å². The third-order valence-electron chi connectivity index (χ3n) is 5.84. The first-order valence-electron chi connectivity index (χ1n) is 11.0. The molecule has 0 radical (unpaired) electrons. The van der Waals surface area contributed by atoms with Crippen LogP contribution in [0.1, 0.15) is 23.1 Å². The predicted octanol–water partition coefficient (Wildman–Crippen LogP) is 5.14. The second kappa shape index (κ2) is 9.74. The van der Waals surface area contributed by atoms with Crippen molar-refractivity contribution in [3.63, 3.8) is 0 Å². The lowest BCUT2D eigenvalue weighted by molar-refractivity contribution is -0.685. The molecule has 1 aliphatic heterocycles. The van der Waals surface area contributed by atoms with Crippen LogP contribution in [0.3, 0.4) is 0 Å². The summed E-state index contributed by atoms with van der Waals surface area (Å²) >= 11 is 10.5. The Hall–Kier alpha value is -2.53. The highest BCUT2D eigenvalue weighted by atomic mass is 35.5. The van der Waals surface area contributed by atoms with Gasteiger partial charge in [0.15, 0.2) is 12.7 Å². The van der Waals surface area contributed by atoms with Gasteiger partial charge in [-0.05, 0) is 31.2 Å². The quantitative estimate of drug-likeness (QED) is 0.321. The molecule has 36 heavy (non-hydrogen) atoms. The molecule has 0 saturated carbocycles. The van der Waals surface area contributed by atoms with E-state index in [4.69, 9.17) is 11.6 Å². The van der Waals surface area contributed by atoms with Crippen molar-refractivity contribution in [3.05, 3.63) is 94.7 Å². The van der Waals surface area contributed by atoms with Gasteiger partial charge in [-0.15, -0.1) is 11.3 Å². The van der Waals surface area contributed by atoms with Gasteiger partial charge in [0.25, 0.3) is 10.6 Å². The highest BCUT2D eigenvalue weighted by molar-refractivity contribution is 8.08. The van der Waals surface area contributed by atoms with E-state index in [0.29, 0.717) is 16.1 Å². The number of hydrogen-bond acceptors (Lipinski definition) is 5. The topological polar surface area (TPSA) is 29.1 Å². The van der Waals surface area contributed by atoms with Gasteiger partial charge in [0, 0.05) is 29.1 Å². The molecular weight excluding hydrogens is 547 g/mol. The Kier molecular flexibility index (Phi) is 6.80. The third kappa shape index (κ3) is 4.63. The number of halogens is 4. The van der Waals surface area contributed by atoms with Crippen molar-refractivity contribution in [2.24, 2.45) is 0 Å². The fraction of sp³-hybridized carbons (Fsp3) is 0.200. The zero-order valence-electron chi connectivity index (χ0n) is 19.2. The van der Waals surface area contributed by atoms with Crippen molar-refractivity contribution in [2.45, 2.75) is 31.1 Å². The molecule has 0 saturated heterocycles. The average molecular weight is 567 g/mol. The molecule has 186 valence electrons. The molecule has 0 N–H and O–H groups in total. The summed E-state index contributed by atoms with van der Waals surface area (Å²) in [4.78, 5) is 16.4. The third-order valence-corrected chi connectivity index (χ3v) is 9.41. The van der Waals surface area contributed by atoms with E-state index >= 15 is 0 Å². The summed E-state index contributed by atoms with van der Waals surface area (Å²) < 4.78 is 45.4. The molecule has 0 aliphatic carbocycles. The van der Waals surface area contributed by atoms with Gasteiger partial charge >= 0.3 is 6.18 Å². The van der Waals surface area contributed by atoms with Gasteiger partial charge in [-0.25, -0.2) is 0 Å². The van der Waals surface area contributed by atoms with Crippen molar-refractivity contribution < 1.29 is 17.7 Å². The van der Waals surface area contributed by atoms with Gasteiger partial charge in [0.2, 0.25) is 0 Å². The van der Waals surface area contributed by atoms with Crippen molar-refractivity contribution >= 4 is 62.8 Å². The van der Waals surface area contributed by atoms with E-state index in [1.807, 2.05) is 48.5 Å². The largest absolute Gasteiger partial charge is 0.416 e. The minimum atomic E-state index is -4.42. The molecule has 0 bridgehead atoms. The Morgan fingerprint density at radius 2 is 1.94 bits per heavy atom. The molecule has 4 nitrogen and oxygen atoms in total. The minimum Gasteiger partial charge on any atom is -0.337 e. The molecule has 11 heteroatoms. The molecule has 0 fully saturated rings. The summed E-state index contributed by atoms with van der Waals surface area (Å²) in [6.07, 6.45) is -0.779. The van der Waals surface area contributed by atoms with Gasteiger partial charge in [-0.3, -0.25) is 9.36 Å². The lowest BCUT2D eigenvalue weighted by atomic mass is 10.1. The van der Waals surface area contributed by atoms with Gasteiger partial charge in [-0.2, -0.15) is 17.7 Å². The number of nitrogens with zero attached hydrogens (tertiary/aromatic N) is 3. The predicted molar refractivity (Wildman–Crippen MR) is 141 cm³/mol. The van der Waals surface area contributed by atoms with Crippen LogP contribution < -0.4 is 24.2 Å². The highest BCUT2D eigenvalue weighted by Gasteiger charge is 2.34. The van der Waals surface area contributed by atoms with E-state index in [1.54, 1.807) is 21.4 Å². The molecule has 4 aromatic rings. The summed E-state index contributed by atoms with van der Waals surface area (Å²) in [6.45, 7) is 2.46. The van der Waals surface area contributed by atoms with Crippen LogP contribution in [-0.2, 0) is 19.3 Å². The number of alkyl halides is 3. The molecule has 0 unspecified atom stereocenters. The molecule has 1 aliphatic rings. The summed E-state index contributed by atoms with van der Waals surface area (Å²) in [5, 5.41) is 4.06. The Morgan fingerprint density at radius 1 is 1.17 bits per heavy atom. The fourth-order valence-electron chi connectivity index (χ4n) is 4.07. The van der Waals surface area contributed by atoms with Crippen LogP contribution in [0.15, 0.2) is 63.7 Å². The molecule has 2 aromatic carbocycles. The number of anilines is 1. The van der Waals surface area contributed by atoms with Crippen LogP contribution in [0.25, 0.3) is 11.1 Å². The standard InChI is InChI=1S/C25H20ClF3N3OS3/c1-3-32-21(36-22(23(32)33)24-30(2)18-12-16(26)8-9-19(18)35-24)13-20-31(10-11-34-20)14-15-6-4-5-7-17(15)25(27,28)29/h4-13H,3,14H2,1-2H3/q+1. The van der Waals surface area contributed by atoms with E-state index in [2.05, 4.69) is 0 Å². The van der Waals surface area contributed by atoms with Crippen LogP contribution >= 0.6 is 46.0 Å². The first-order chi connectivity index (χ1) is 17.2. The van der Waals surface area contributed by atoms with E-state index in [9.17, 15) is 18.0 Å². The maximum Gasteiger partial charge on any atom is 0.416 e. The number of aromatic nitrogens is 2. The normalized spacial score (nSPS) is 15.6. The van der Waals surface area contributed by atoms with Crippen molar-refractivity contribution in [1.82, 2.24) is 4.57 Å². The SMILES string of the molecule is CCn1c(=Cc2scc[n+]2Cc2ccccc2C(F)(F)F)sc(=C2Sc3ccc(Cl)cc3N2C)c1=O. The first-order valence-corrected chi connectivity index (χ1v) is 13.8. The van der Waals surface area contributed by atoms with Gasteiger partial charge in [-0.1, -0.05) is 52.9 Å². The second-order valence-corrected chi connectivity index (χ2v) is 11.5. The Bertz CT molecular complexity index is 1640. The van der Waals surface area contributed by atoms with Crippen molar-refractivity contribution in [3.8, 4) is 0 Å². The van der Waals surface area contributed by atoms with E-state index in [0.717, 1.165) is 31.3 Å². The Morgan fingerprint density at radius 3 is 2.69 bits per heavy atom. The van der Waals surface area contributed by atoms with Crippen LogP contribution in [0.5, 0.6) is 0 Å². The summed E-state index contributed by atoms with van der Waals surface area (Å²) in [5.74, 6) is 0. The molecule has 0 spiro atoms. The van der Waals surface area contributed by atoms with E-state index in [-0.39, 0.29) is 17.7 Å². The smallest absolute Gasteiger partial charge is 0.337 e. The zero-order valence-corrected chi connectivity index (χ0v) is 22.4. The number of fused-ring (bicyclic) bond motifs is 1. The zero-order chi connectivity index (χ0) is 25.6. The fourth-order valence-corrected chi connectivity index (χ4v) is 7.54. The van der Waals surface area contributed by atoms with Crippen LogP contribution in [0.2, 0.25) is 5.02 Å². The first kappa shape index (κ1) is 25.1. The van der Waals surface area contributed by atoms with E-state index < -0.39 is 11.7 Å². The summed E-state index contributed by atoms with van der Waals surface area (Å²) in [6, 6.07) is 11.3. The maximum absolute atomic E-state index is 13.5. The minimum absolute atomic E-state index is 0.0750. The lowest BCUT2D eigenvalue weighted by Crippen LogP contribution is -2.37.